The highest BCUT2D eigenvalue weighted by molar-refractivity contribution is 7.13. The van der Waals surface area contributed by atoms with E-state index < -0.39 is 0 Å². The zero-order valence-corrected chi connectivity index (χ0v) is 8.51. The van der Waals surface area contributed by atoms with Crippen molar-refractivity contribution in [1.82, 2.24) is 4.98 Å². The van der Waals surface area contributed by atoms with Crippen LogP contribution in [0.2, 0.25) is 0 Å². The molecule has 1 aromatic heterocycles. The fourth-order valence-corrected chi connectivity index (χ4v) is 2.07. The van der Waals surface area contributed by atoms with Crippen molar-refractivity contribution in [2.45, 2.75) is 6.92 Å². The van der Waals surface area contributed by atoms with Crippen LogP contribution in [0, 0.1) is 18.3 Å². The molecule has 0 N–H and O–H groups in total. The molecule has 0 atom stereocenters. The van der Waals surface area contributed by atoms with Gasteiger partial charge in [0.15, 0.2) is 0 Å². The van der Waals surface area contributed by atoms with Crippen molar-refractivity contribution in [2.75, 3.05) is 0 Å². The van der Waals surface area contributed by atoms with E-state index in [4.69, 9.17) is 5.26 Å². The maximum Gasteiger partial charge on any atom is 0.123 e. The topological polar surface area (TPSA) is 36.7 Å². The Kier molecular flexibility index (Phi) is 2.30. The van der Waals surface area contributed by atoms with Gasteiger partial charge in [0.05, 0.1) is 11.6 Å². The van der Waals surface area contributed by atoms with E-state index >= 15 is 0 Å². The molecule has 0 saturated heterocycles. The van der Waals surface area contributed by atoms with Gasteiger partial charge >= 0.3 is 0 Å². The smallest absolute Gasteiger partial charge is 0.123 e. The van der Waals surface area contributed by atoms with Crippen molar-refractivity contribution in [3.05, 3.63) is 40.9 Å². The molecule has 1 aromatic carbocycles. The largest absolute Gasteiger partial charge is 0.245 e. The van der Waals surface area contributed by atoms with Crippen LogP contribution in [-0.2, 0) is 0 Å². The van der Waals surface area contributed by atoms with E-state index in [1.807, 2.05) is 30.5 Å². The van der Waals surface area contributed by atoms with Crippen LogP contribution in [0.1, 0.15) is 11.1 Å². The normalized spacial score (nSPS) is 9.71. The van der Waals surface area contributed by atoms with Crippen molar-refractivity contribution in [1.29, 1.82) is 5.26 Å². The maximum atomic E-state index is 8.87. The van der Waals surface area contributed by atoms with E-state index in [2.05, 4.69) is 11.1 Å². The Morgan fingerprint density at radius 2 is 2.29 bits per heavy atom. The lowest BCUT2D eigenvalue weighted by Crippen LogP contribution is -1.86. The van der Waals surface area contributed by atoms with E-state index in [-0.39, 0.29) is 0 Å². The van der Waals surface area contributed by atoms with Gasteiger partial charge in [0.2, 0.25) is 0 Å². The van der Waals surface area contributed by atoms with Gasteiger partial charge in [-0.05, 0) is 18.6 Å². The second-order valence-electron chi connectivity index (χ2n) is 2.93. The van der Waals surface area contributed by atoms with Crippen molar-refractivity contribution in [3.8, 4) is 16.6 Å². The van der Waals surface area contributed by atoms with E-state index in [0.717, 1.165) is 21.7 Å². The van der Waals surface area contributed by atoms with Gasteiger partial charge in [0.1, 0.15) is 5.01 Å². The zero-order valence-electron chi connectivity index (χ0n) is 7.69. The predicted octanol–water partition coefficient (Wildman–Crippen LogP) is 2.99. The van der Waals surface area contributed by atoms with Gasteiger partial charge in [-0.1, -0.05) is 12.1 Å². The Hall–Kier alpha value is -1.66. The Morgan fingerprint density at radius 3 is 2.93 bits per heavy atom. The molecule has 3 heteroatoms. The van der Waals surface area contributed by atoms with E-state index in [9.17, 15) is 0 Å². The highest BCUT2D eigenvalue weighted by atomic mass is 32.1. The van der Waals surface area contributed by atoms with Gasteiger partial charge in [-0.3, -0.25) is 0 Å². The third kappa shape index (κ3) is 1.40. The average molecular weight is 200 g/mol. The summed E-state index contributed by atoms with van der Waals surface area (Å²) in [5, 5.41) is 11.8. The molecule has 2 rings (SSSR count). The molecule has 0 amide bonds. The highest BCUT2D eigenvalue weighted by Gasteiger charge is 2.06. The standard InChI is InChI=1S/C11H8N2S/c1-8-9(7-12)3-2-4-10(8)11-13-5-6-14-11/h2-6H,1H3. The molecule has 2 aromatic rings. The summed E-state index contributed by atoms with van der Waals surface area (Å²) in [5.41, 5.74) is 2.78. The van der Waals surface area contributed by atoms with Crippen LogP contribution in [0.3, 0.4) is 0 Å². The molecule has 0 unspecified atom stereocenters. The quantitative estimate of drug-likeness (QED) is 0.709. The van der Waals surface area contributed by atoms with Crippen LogP contribution >= 0.6 is 11.3 Å². The lowest BCUT2D eigenvalue weighted by atomic mass is 10.0. The number of thiazole rings is 1. The maximum absolute atomic E-state index is 8.87. The summed E-state index contributed by atoms with van der Waals surface area (Å²) < 4.78 is 0. The lowest BCUT2D eigenvalue weighted by molar-refractivity contribution is 1.35. The minimum absolute atomic E-state index is 0.720. The van der Waals surface area contributed by atoms with Crippen LogP contribution in [0.5, 0.6) is 0 Å². The summed E-state index contributed by atoms with van der Waals surface area (Å²) in [4.78, 5) is 4.23. The van der Waals surface area contributed by atoms with Crippen molar-refractivity contribution in [2.24, 2.45) is 0 Å². The van der Waals surface area contributed by atoms with Gasteiger partial charge in [-0.2, -0.15) is 5.26 Å². The summed E-state index contributed by atoms with van der Waals surface area (Å²) in [6.45, 7) is 1.95. The molecular weight excluding hydrogens is 192 g/mol. The fourth-order valence-electron chi connectivity index (χ4n) is 1.34. The molecule has 1 heterocycles. The molecule has 0 aliphatic rings. The summed E-state index contributed by atoms with van der Waals surface area (Å²) in [5.74, 6) is 0. The number of nitrogens with zero attached hydrogens (tertiary/aromatic N) is 2. The van der Waals surface area contributed by atoms with E-state index in [1.54, 1.807) is 17.5 Å². The van der Waals surface area contributed by atoms with E-state index in [0.29, 0.717) is 0 Å². The molecule has 0 bridgehead atoms. The molecule has 2 nitrogen and oxygen atoms in total. The molecule has 0 fully saturated rings. The monoisotopic (exact) mass is 200 g/mol. The third-order valence-corrected chi connectivity index (χ3v) is 2.92. The molecular formula is C11H8N2S. The second-order valence-corrected chi connectivity index (χ2v) is 3.82. The van der Waals surface area contributed by atoms with Crippen LogP contribution in [0.25, 0.3) is 10.6 Å². The van der Waals surface area contributed by atoms with Crippen LogP contribution in [-0.4, -0.2) is 4.98 Å². The third-order valence-electron chi connectivity index (χ3n) is 2.12. The number of benzene rings is 1. The SMILES string of the molecule is Cc1c(C#N)cccc1-c1nccs1. The van der Waals surface area contributed by atoms with Gasteiger partial charge in [-0.15, -0.1) is 11.3 Å². The lowest BCUT2D eigenvalue weighted by Gasteiger charge is -2.02. The summed E-state index contributed by atoms with van der Waals surface area (Å²) in [6, 6.07) is 7.89. The van der Waals surface area contributed by atoms with E-state index in [1.165, 1.54) is 0 Å². The Morgan fingerprint density at radius 1 is 1.43 bits per heavy atom. The average Bonchev–Trinajstić information content (AvgIpc) is 2.71. The van der Waals surface area contributed by atoms with Crippen molar-refractivity contribution >= 4 is 11.3 Å². The Bertz CT molecular complexity index is 480. The Balaban J connectivity index is 2.61. The molecule has 0 aliphatic heterocycles. The Labute approximate surface area is 86.5 Å². The van der Waals surface area contributed by atoms with Gasteiger partial charge in [0, 0.05) is 17.1 Å². The van der Waals surface area contributed by atoms with Crippen molar-refractivity contribution in [3.63, 3.8) is 0 Å². The zero-order chi connectivity index (χ0) is 9.97. The molecule has 0 radical (unpaired) electrons. The number of hydrogen-bond donors (Lipinski definition) is 0. The minimum atomic E-state index is 0.720. The first kappa shape index (κ1) is 8.92. The number of hydrogen-bond acceptors (Lipinski definition) is 3. The van der Waals surface area contributed by atoms with Gasteiger partial charge in [0.25, 0.3) is 0 Å². The molecule has 0 spiro atoms. The van der Waals surface area contributed by atoms with Crippen LogP contribution in [0.4, 0.5) is 0 Å². The summed E-state index contributed by atoms with van der Waals surface area (Å²) >= 11 is 1.59. The molecule has 0 aliphatic carbocycles. The minimum Gasteiger partial charge on any atom is -0.245 e. The van der Waals surface area contributed by atoms with Crippen LogP contribution < -0.4 is 0 Å². The summed E-state index contributed by atoms with van der Waals surface area (Å²) in [6.07, 6.45) is 1.78. The molecule has 14 heavy (non-hydrogen) atoms. The summed E-state index contributed by atoms with van der Waals surface area (Å²) in [7, 11) is 0. The van der Waals surface area contributed by atoms with Gasteiger partial charge in [-0.25, -0.2) is 4.98 Å². The number of aromatic nitrogens is 1. The molecule has 0 saturated carbocycles. The fraction of sp³-hybridized carbons (Fsp3) is 0.0909. The van der Waals surface area contributed by atoms with Crippen molar-refractivity contribution < 1.29 is 0 Å². The number of nitriles is 1. The second kappa shape index (κ2) is 3.60. The molecule has 68 valence electrons. The highest BCUT2D eigenvalue weighted by Crippen LogP contribution is 2.26. The first-order chi connectivity index (χ1) is 6.83. The first-order valence-electron chi connectivity index (χ1n) is 4.22. The predicted molar refractivity (Wildman–Crippen MR) is 57.0 cm³/mol. The van der Waals surface area contributed by atoms with Gasteiger partial charge < -0.3 is 0 Å². The number of rotatable bonds is 1. The first-order valence-corrected chi connectivity index (χ1v) is 5.10. The van der Waals surface area contributed by atoms with Crippen LogP contribution in [0.15, 0.2) is 29.8 Å².